The van der Waals surface area contributed by atoms with Crippen LogP contribution in [0.3, 0.4) is 0 Å². The molecule has 2 N–H and O–H groups in total. The number of hydrogen-bond acceptors (Lipinski definition) is 3. The molecule has 0 aliphatic carbocycles. The monoisotopic (exact) mass is 225 g/mol. The highest BCUT2D eigenvalue weighted by molar-refractivity contribution is 7.07. The third kappa shape index (κ3) is 2.21. The number of aryl methyl sites for hydroxylation is 1. The SMILES string of the molecule is O=C(O)C1(CCc2ccsc2)CCCN1. The Labute approximate surface area is 93.1 Å². The molecule has 1 saturated heterocycles. The van der Waals surface area contributed by atoms with E-state index in [1.54, 1.807) is 11.3 Å². The summed E-state index contributed by atoms with van der Waals surface area (Å²) in [5, 5.41) is 16.5. The highest BCUT2D eigenvalue weighted by atomic mass is 32.1. The third-order valence-electron chi connectivity index (χ3n) is 3.07. The minimum atomic E-state index is -0.699. The summed E-state index contributed by atoms with van der Waals surface area (Å²) in [7, 11) is 0. The molecule has 0 bridgehead atoms. The smallest absolute Gasteiger partial charge is 0.323 e. The van der Waals surface area contributed by atoms with Crippen molar-refractivity contribution in [1.82, 2.24) is 5.32 Å². The van der Waals surface area contributed by atoms with Gasteiger partial charge in [0.05, 0.1) is 0 Å². The summed E-state index contributed by atoms with van der Waals surface area (Å²) in [5.41, 5.74) is 0.580. The summed E-state index contributed by atoms with van der Waals surface area (Å²) >= 11 is 1.66. The summed E-state index contributed by atoms with van der Waals surface area (Å²) in [5.74, 6) is -0.699. The van der Waals surface area contributed by atoms with Crippen LogP contribution in [0.5, 0.6) is 0 Å². The van der Waals surface area contributed by atoms with Crippen molar-refractivity contribution >= 4 is 17.3 Å². The van der Waals surface area contributed by atoms with Crippen LogP contribution < -0.4 is 5.32 Å². The number of carbonyl (C=O) groups is 1. The molecule has 15 heavy (non-hydrogen) atoms. The van der Waals surface area contributed by atoms with Gasteiger partial charge in [-0.15, -0.1) is 0 Å². The minimum Gasteiger partial charge on any atom is -0.480 e. The fraction of sp³-hybridized carbons (Fsp3) is 0.545. The highest BCUT2D eigenvalue weighted by Crippen LogP contribution is 2.25. The number of carboxylic acid groups (broad SMARTS) is 1. The van der Waals surface area contributed by atoms with Crippen molar-refractivity contribution in [2.45, 2.75) is 31.2 Å². The predicted molar refractivity (Wildman–Crippen MR) is 60.2 cm³/mol. The van der Waals surface area contributed by atoms with E-state index in [0.717, 1.165) is 25.8 Å². The summed E-state index contributed by atoms with van der Waals surface area (Å²) in [4.78, 5) is 11.2. The van der Waals surface area contributed by atoms with Crippen LogP contribution >= 0.6 is 11.3 Å². The lowest BCUT2D eigenvalue weighted by molar-refractivity contribution is -0.144. The summed E-state index contributed by atoms with van der Waals surface area (Å²) in [6, 6.07) is 2.06. The molecule has 1 fully saturated rings. The molecule has 1 atom stereocenters. The number of rotatable bonds is 4. The quantitative estimate of drug-likeness (QED) is 0.822. The van der Waals surface area contributed by atoms with E-state index in [4.69, 9.17) is 0 Å². The molecule has 0 radical (unpaired) electrons. The number of carboxylic acids is 1. The van der Waals surface area contributed by atoms with Gasteiger partial charge in [-0.05, 0) is 54.6 Å². The Kier molecular flexibility index (Phi) is 3.07. The number of aliphatic carboxylic acids is 1. The van der Waals surface area contributed by atoms with Crippen molar-refractivity contribution in [3.8, 4) is 0 Å². The lowest BCUT2D eigenvalue weighted by Gasteiger charge is -2.24. The van der Waals surface area contributed by atoms with Crippen molar-refractivity contribution in [2.75, 3.05) is 6.54 Å². The molecule has 82 valence electrons. The second-order valence-electron chi connectivity index (χ2n) is 4.05. The molecule has 0 spiro atoms. The third-order valence-corrected chi connectivity index (χ3v) is 3.81. The van der Waals surface area contributed by atoms with E-state index < -0.39 is 11.5 Å². The number of thiophene rings is 1. The minimum absolute atomic E-state index is 0.665. The first-order chi connectivity index (χ1) is 7.23. The summed E-state index contributed by atoms with van der Waals surface area (Å²) in [6.07, 6.45) is 3.27. The van der Waals surface area contributed by atoms with E-state index in [0.29, 0.717) is 6.42 Å². The number of nitrogens with one attached hydrogen (secondary N) is 1. The van der Waals surface area contributed by atoms with E-state index >= 15 is 0 Å². The Morgan fingerprint density at radius 2 is 2.53 bits per heavy atom. The molecule has 1 aromatic rings. The molecule has 0 amide bonds. The van der Waals surface area contributed by atoms with E-state index in [1.165, 1.54) is 5.56 Å². The average molecular weight is 225 g/mol. The molecule has 0 saturated carbocycles. The van der Waals surface area contributed by atoms with Crippen LogP contribution in [0.25, 0.3) is 0 Å². The first-order valence-corrected chi connectivity index (χ1v) is 6.17. The zero-order chi connectivity index (χ0) is 10.7. The van der Waals surface area contributed by atoms with Crippen molar-refractivity contribution in [3.63, 3.8) is 0 Å². The van der Waals surface area contributed by atoms with Crippen LogP contribution in [0.15, 0.2) is 16.8 Å². The molecule has 1 aliphatic heterocycles. The van der Waals surface area contributed by atoms with Gasteiger partial charge in [0, 0.05) is 0 Å². The zero-order valence-corrected chi connectivity index (χ0v) is 9.35. The van der Waals surface area contributed by atoms with Gasteiger partial charge < -0.3 is 10.4 Å². The van der Waals surface area contributed by atoms with Gasteiger partial charge in [0.25, 0.3) is 0 Å². The van der Waals surface area contributed by atoms with Crippen LogP contribution in [0.2, 0.25) is 0 Å². The van der Waals surface area contributed by atoms with E-state index in [1.807, 2.05) is 5.38 Å². The maximum absolute atomic E-state index is 11.2. The zero-order valence-electron chi connectivity index (χ0n) is 8.53. The van der Waals surface area contributed by atoms with E-state index in [9.17, 15) is 9.90 Å². The molecule has 1 unspecified atom stereocenters. The molecular formula is C11H15NO2S. The molecule has 1 aliphatic rings. The lowest BCUT2D eigenvalue weighted by Crippen LogP contribution is -2.47. The second kappa shape index (κ2) is 4.33. The summed E-state index contributed by atoms with van der Waals surface area (Å²) < 4.78 is 0. The molecule has 3 nitrogen and oxygen atoms in total. The van der Waals surface area contributed by atoms with Crippen LogP contribution in [0.1, 0.15) is 24.8 Å². The Balaban J connectivity index is 1.99. The average Bonchev–Trinajstić information content (AvgIpc) is 2.87. The second-order valence-corrected chi connectivity index (χ2v) is 4.83. The van der Waals surface area contributed by atoms with Gasteiger partial charge in [0.1, 0.15) is 5.54 Å². The molecule has 4 heteroatoms. The fourth-order valence-corrected chi connectivity index (χ4v) is 2.80. The first kappa shape index (κ1) is 10.6. The molecule has 2 rings (SSSR count). The largest absolute Gasteiger partial charge is 0.480 e. The van der Waals surface area contributed by atoms with Crippen molar-refractivity contribution in [3.05, 3.63) is 22.4 Å². The Bertz CT molecular complexity index is 328. The van der Waals surface area contributed by atoms with Gasteiger partial charge in [0.2, 0.25) is 0 Å². The predicted octanol–water partition coefficient (Wildman–Crippen LogP) is 1.89. The normalized spacial score (nSPS) is 25.6. The van der Waals surface area contributed by atoms with Gasteiger partial charge in [-0.1, -0.05) is 0 Å². The van der Waals surface area contributed by atoms with Gasteiger partial charge in [0.15, 0.2) is 0 Å². The molecule has 0 aromatic carbocycles. The van der Waals surface area contributed by atoms with Crippen molar-refractivity contribution in [2.24, 2.45) is 0 Å². The van der Waals surface area contributed by atoms with E-state index in [2.05, 4.69) is 16.8 Å². The van der Waals surface area contributed by atoms with Crippen LogP contribution in [0.4, 0.5) is 0 Å². The standard InChI is InChI=1S/C11H15NO2S/c13-10(14)11(4-1-6-12-11)5-2-9-3-7-15-8-9/h3,7-8,12H,1-2,4-6H2,(H,13,14). The molecule has 1 aromatic heterocycles. The molecule has 2 heterocycles. The maximum atomic E-state index is 11.2. The first-order valence-electron chi connectivity index (χ1n) is 5.22. The van der Waals surface area contributed by atoms with Crippen LogP contribution in [-0.4, -0.2) is 23.2 Å². The fourth-order valence-electron chi connectivity index (χ4n) is 2.10. The highest BCUT2D eigenvalue weighted by Gasteiger charge is 2.40. The van der Waals surface area contributed by atoms with Crippen molar-refractivity contribution < 1.29 is 9.90 Å². The number of hydrogen-bond donors (Lipinski definition) is 2. The Morgan fingerprint density at radius 1 is 1.67 bits per heavy atom. The topological polar surface area (TPSA) is 49.3 Å². The van der Waals surface area contributed by atoms with Gasteiger partial charge in [-0.25, -0.2) is 0 Å². The van der Waals surface area contributed by atoms with Gasteiger partial charge in [-0.3, -0.25) is 4.79 Å². The van der Waals surface area contributed by atoms with Crippen LogP contribution in [-0.2, 0) is 11.2 Å². The van der Waals surface area contributed by atoms with Crippen LogP contribution in [0, 0.1) is 0 Å². The molecular weight excluding hydrogens is 210 g/mol. The maximum Gasteiger partial charge on any atom is 0.323 e. The lowest BCUT2D eigenvalue weighted by atomic mass is 9.90. The van der Waals surface area contributed by atoms with E-state index in [-0.39, 0.29) is 0 Å². The van der Waals surface area contributed by atoms with Crippen molar-refractivity contribution in [1.29, 1.82) is 0 Å². The Morgan fingerprint density at radius 3 is 3.07 bits per heavy atom. The Hall–Kier alpha value is -0.870. The summed E-state index contributed by atoms with van der Waals surface area (Å²) in [6.45, 7) is 0.829. The van der Waals surface area contributed by atoms with Gasteiger partial charge >= 0.3 is 5.97 Å². The van der Waals surface area contributed by atoms with Gasteiger partial charge in [-0.2, -0.15) is 11.3 Å².